The van der Waals surface area contributed by atoms with Crippen LogP contribution in [0.25, 0.3) is 11.3 Å². The second kappa shape index (κ2) is 9.27. The molecule has 3 aromatic rings. The molecule has 4 rings (SSSR count). The molecule has 0 bridgehead atoms. The highest BCUT2D eigenvalue weighted by molar-refractivity contribution is 7.99. The summed E-state index contributed by atoms with van der Waals surface area (Å²) in [6.07, 6.45) is 0.894. The number of para-hydroxylation sites is 1. The van der Waals surface area contributed by atoms with Crippen molar-refractivity contribution >= 4 is 23.4 Å². The Kier molecular flexibility index (Phi) is 6.27. The van der Waals surface area contributed by atoms with Crippen LogP contribution in [0.1, 0.15) is 18.7 Å². The largest absolute Gasteiger partial charge is 0.497 e. The first-order valence-electron chi connectivity index (χ1n) is 9.83. The van der Waals surface area contributed by atoms with Crippen molar-refractivity contribution < 1.29 is 19.0 Å². The van der Waals surface area contributed by atoms with E-state index in [9.17, 15) is 4.79 Å². The lowest BCUT2D eigenvalue weighted by Gasteiger charge is -2.30. The number of carbonyl (C=O) groups excluding carboxylic acids is 1. The van der Waals surface area contributed by atoms with Crippen LogP contribution in [0.4, 0.5) is 5.69 Å². The van der Waals surface area contributed by atoms with E-state index in [1.807, 2.05) is 24.3 Å². The van der Waals surface area contributed by atoms with E-state index in [0.717, 1.165) is 0 Å². The zero-order chi connectivity index (χ0) is 22.7. The predicted molar refractivity (Wildman–Crippen MR) is 122 cm³/mol. The van der Waals surface area contributed by atoms with E-state index in [1.54, 1.807) is 43.4 Å². The summed E-state index contributed by atoms with van der Waals surface area (Å²) in [7, 11) is 3.14. The summed E-state index contributed by atoms with van der Waals surface area (Å²) in [6.45, 7) is 5.21. The summed E-state index contributed by atoms with van der Waals surface area (Å²) >= 11 is 1.39. The Balaban J connectivity index is 1.95. The van der Waals surface area contributed by atoms with Gasteiger partial charge in [0, 0.05) is 18.2 Å². The highest BCUT2D eigenvalue weighted by Crippen LogP contribution is 2.45. The number of methoxy groups -OCH3 is 2. The molecule has 1 unspecified atom stereocenters. The molecule has 0 N–H and O–H groups in total. The van der Waals surface area contributed by atoms with Gasteiger partial charge in [-0.3, -0.25) is 9.69 Å². The lowest BCUT2D eigenvalue weighted by molar-refractivity contribution is -0.118. The van der Waals surface area contributed by atoms with Gasteiger partial charge in [-0.15, -0.1) is 16.8 Å². The number of fused-ring (bicyclic) bond motifs is 3. The Morgan fingerprint density at radius 1 is 1.22 bits per heavy atom. The molecule has 2 heterocycles. The third kappa shape index (κ3) is 3.99. The van der Waals surface area contributed by atoms with Gasteiger partial charge in [0.1, 0.15) is 11.5 Å². The van der Waals surface area contributed by atoms with E-state index in [2.05, 4.69) is 21.8 Å². The van der Waals surface area contributed by atoms with Gasteiger partial charge in [0.2, 0.25) is 23.2 Å². The van der Waals surface area contributed by atoms with Crippen LogP contribution in [0.5, 0.6) is 17.4 Å². The molecule has 1 atom stereocenters. The molecule has 2 aromatic carbocycles. The van der Waals surface area contributed by atoms with Crippen LogP contribution in [0.3, 0.4) is 0 Å². The molecule has 8 nitrogen and oxygen atoms in total. The molecule has 0 saturated carbocycles. The molecule has 0 radical (unpaired) electrons. The smallest absolute Gasteiger partial charge is 0.247 e. The number of aromatic nitrogens is 3. The van der Waals surface area contributed by atoms with E-state index < -0.39 is 6.23 Å². The molecule has 0 spiro atoms. The van der Waals surface area contributed by atoms with Gasteiger partial charge in [0.05, 0.1) is 25.5 Å². The molecule has 1 aliphatic heterocycles. The van der Waals surface area contributed by atoms with Crippen LogP contribution in [-0.4, -0.2) is 41.1 Å². The molecule has 1 aliphatic rings. The maximum absolute atomic E-state index is 12.9. The first-order valence-corrected chi connectivity index (χ1v) is 10.8. The Hall–Kier alpha value is -3.59. The van der Waals surface area contributed by atoms with Gasteiger partial charge in [-0.1, -0.05) is 36.0 Å². The number of carbonyl (C=O) groups is 1. The normalized spacial score (nSPS) is 14.5. The minimum atomic E-state index is -0.867. The molecular formula is C23H22N4O4S. The Morgan fingerprint density at radius 3 is 2.75 bits per heavy atom. The molecule has 1 amide bonds. The molecule has 9 heteroatoms. The van der Waals surface area contributed by atoms with Gasteiger partial charge in [-0.25, -0.2) is 0 Å². The average Bonchev–Trinajstić information content (AvgIpc) is 2.96. The standard InChI is InChI=1S/C23H22N4O4S/c1-5-12-32-23-24-21-20(25-26-23)16-8-6-7-9-18(16)27(14(2)28)22(31-21)17-13-15(29-3)10-11-19(17)30-4/h5-11,13,22H,1,12H2,2-4H3. The Bertz CT molecular complexity index is 1170. The number of nitrogens with zero attached hydrogens (tertiary/aromatic N) is 4. The summed E-state index contributed by atoms with van der Waals surface area (Å²) in [4.78, 5) is 19.1. The summed E-state index contributed by atoms with van der Waals surface area (Å²) in [6, 6.07) is 12.8. The van der Waals surface area contributed by atoms with E-state index in [0.29, 0.717) is 44.9 Å². The van der Waals surface area contributed by atoms with E-state index >= 15 is 0 Å². The number of amides is 1. The molecule has 0 saturated heterocycles. The highest BCUT2D eigenvalue weighted by Gasteiger charge is 2.36. The number of hydrogen-bond acceptors (Lipinski definition) is 8. The van der Waals surface area contributed by atoms with Gasteiger partial charge in [-0.2, -0.15) is 4.98 Å². The summed E-state index contributed by atoms with van der Waals surface area (Å²) in [5.41, 5.74) is 2.40. The zero-order valence-electron chi connectivity index (χ0n) is 17.9. The van der Waals surface area contributed by atoms with Gasteiger partial charge in [-0.05, 0) is 24.3 Å². The van der Waals surface area contributed by atoms with Crippen molar-refractivity contribution in [1.82, 2.24) is 15.2 Å². The Morgan fingerprint density at radius 2 is 2.03 bits per heavy atom. The van der Waals surface area contributed by atoms with Crippen molar-refractivity contribution in [3.05, 3.63) is 60.7 Å². The van der Waals surface area contributed by atoms with Gasteiger partial charge in [0.25, 0.3) is 0 Å². The third-order valence-corrected chi connectivity index (χ3v) is 5.72. The first kappa shape index (κ1) is 21.6. The number of hydrogen-bond donors (Lipinski definition) is 0. The number of ether oxygens (including phenoxy) is 3. The lowest BCUT2D eigenvalue weighted by atomic mass is 10.1. The fourth-order valence-corrected chi connectivity index (χ4v) is 3.99. The van der Waals surface area contributed by atoms with Gasteiger partial charge >= 0.3 is 0 Å². The topological polar surface area (TPSA) is 86.7 Å². The van der Waals surface area contributed by atoms with Crippen LogP contribution < -0.4 is 19.1 Å². The minimum Gasteiger partial charge on any atom is -0.497 e. The molecule has 1 aromatic heterocycles. The third-order valence-electron chi connectivity index (χ3n) is 4.88. The van der Waals surface area contributed by atoms with Gasteiger partial charge < -0.3 is 14.2 Å². The number of rotatable bonds is 6. The first-order chi connectivity index (χ1) is 15.6. The molecular weight excluding hydrogens is 428 g/mol. The van der Waals surface area contributed by atoms with Crippen LogP contribution >= 0.6 is 11.8 Å². The highest BCUT2D eigenvalue weighted by atomic mass is 32.2. The van der Waals surface area contributed by atoms with Gasteiger partial charge in [0.15, 0.2) is 5.69 Å². The summed E-state index contributed by atoms with van der Waals surface area (Å²) in [5.74, 6) is 1.84. The summed E-state index contributed by atoms with van der Waals surface area (Å²) in [5, 5.41) is 9.06. The summed E-state index contributed by atoms with van der Waals surface area (Å²) < 4.78 is 17.4. The quantitative estimate of drug-likeness (QED) is 0.406. The van der Waals surface area contributed by atoms with Crippen LogP contribution in [-0.2, 0) is 4.79 Å². The minimum absolute atomic E-state index is 0.214. The Labute approximate surface area is 190 Å². The average molecular weight is 451 g/mol. The second-order valence-corrected chi connectivity index (χ2v) is 7.82. The maximum Gasteiger partial charge on any atom is 0.247 e. The maximum atomic E-state index is 12.9. The fraction of sp³-hybridized carbons (Fsp3) is 0.217. The van der Waals surface area contributed by atoms with Crippen molar-refractivity contribution in [2.24, 2.45) is 0 Å². The second-order valence-electron chi connectivity index (χ2n) is 6.83. The predicted octanol–water partition coefficient (Wildman–Crippen LogP) is 4.28. The van der Waals surface area contributed by atoms with Crippen molar-refractivity contribution in [2.75, 3.05) is 24.9 Å². The van der Waals surface area contributed by atoms with Crippen molar-refractivity contribution in [3.8, 4) is 28.6 Å². The number of thioether (sulfide) groups is 1. The van der Waals surface area contributed by atoms with E-state index in [1.165, 1.54) is 18.7 Å². The number of anilines is 1. The van der Waals surface area contributed by atoms with Crippen LogP contribution in [0.2, 0.25) is 0 Å². The van der Waals surface area contributed by atoms with Crippen molar-refractivity contribution in [1.29, 1.82) is 0 Å². The van der Waals surface area contributed by atoms with Crippen LogP contribution in [0.15, 0.2) is 60.3 Å². The fourth-order valence-electron chi connectivity index (χ4n) is 3.48. The molecule has 32 heavy (non-hydrogen) atoms. The monoisotopic (exact) mass is 450 g/mol. The van der Waals surface area contributed by atoms with E-state index in [4.69, 9.17) is 14.2 Å². The SMILES string of the molecule is C=CCSc1nnc2c(n1)OC(c1cc(OC)ccc1OC)N(C(C)=O)c1ccccc1-2. The zero-order valence-corrected chi connectivity index (χ0v) is 18.8. The molecule has 0 aliphatic carbocycles. The van der Waals surface area contributed by atoms with Crippen LogP contribution in [0, 0.1) is 0 Å². The van der Waals surface area contributed by atoms with Crippen molar-refractivity contribution in [2.45, 2.75) is 18.3 Å². The van der Waals surface area contributed by atoms with E-state index in [-0.39, 0.29) is 11.8 Å². The van der Waals surface area contributed by atoms with Crippen molar-refractivity contribution in [3.63, 3.8) is 0 Å². The number of benzene rings is 2. The molecule has 0 fully saturated rings. The lowest BCUT2D eigenvalue weighted by Crippen LogP contribution is -2.36. The molecule has 164 valence electrons.